The number of nitrogens with zero attached hydrogens (tertiary/aromatic N) is 1. The molecule has 0 saturated heterocycles. The summed E-state index contributed by atoms with van der Waals surface area (Å²) < 4.78 is 4.47. The molecule has 6 nitrogen and oxygen atoms in total. The fourth-order valence-corrected chi connectivity index (χ4v) is 1.60. The predicted octanol–water partition coefficient (Wildman–Crippen LogP) is -8.42. The largest absolute Gasteiger partial charge is 1.00 e. The Balaban J connectivity index is 0. The maximum absolute atomic E-state index is 10.7. The first-order valence-corrected chi connectivity index (χ1v) is 4.82. The van der Waals surface area contributed by atoms with E-state index in [9.17, 15) is 19.8 Å². The number of rotatable bonds is 5. The van der Waals surface area contributed by atoms with Crippen molar-refractivity contribution in [2.75, 3.05) is 7.11 Å². The number of ether oxygens (including phenoxy) is 1. The molecule has 0 aliphatic carbocycles. The van der Waals surface area contributed by atoms with Crippen molar-refractivity contribution in [3.63, 3.8) is 0 Å². The summed E-state index contributed by atoms with van der Waals surface area (Å²) in [4.78, 5) is 25.2. The van der Waals surface area contributed by atoms with Gasteiger partial charge in [0.05, 0.1) is 23.1 Å². The van der Waals surface area contributed by atoms with Crippen molar-refractivity contribution >= 4 is 23.3 Å². The van der Waals surface area contributed by atoms with Crippen LogP contribution in [0.5, 0.6) is 0 Å². The third kappa shape index (κ3) is 4.15. The van der Waals surface area contributed by atoms with E-state index < -0.39 is 24.0 Å². The number of carbonyl (C=O) groups excluding carboxylic acids is 2. The summed E-state index contributed by atoms with van der Waals surface area (Å²) in [6, 6.07) is 0. The summed E-state index contributed by atoms with van der Waals surface area (Å²) in [7, 11) is 0.970. The van der Waals surface area contributed by atoms with E-state index in [1.54, 1.807) is 0 Å². The van der Waals surface area contributed by atoms with Gasteiger partial charge in [-0.15, -0.1) is 11.3 Å². The molecule has 0 aliphatic rings. The van der Waals surface area contributed by atoms with Crippen LogP contribution in [0.1, 0.15) is 5.69 Å². The fraction of sp³-hybridized carbons (Fsp3) is 0.375. The number of carboxylic acids is 2. The standard InChI is InChI=1S/C8H9NO5S.2Li/c1-14-8(6(10)11,7(12)13)2-5-3-15-4-9-5;;/h3-4H,2H2,1H3,(H,10,11)(H,12,13);;/q;2*+1/p-2. The zero-order valence-corrected chi connectivity index (χ0v) is 10.6. The van der Waals surface area contributed by atoms with E-state index in [1.807, 2.05) is 0 Å². The Labute approximate surface area is 126 Å². The van der Waals surface area contributed by atoms with E-state index in [2.05, 4.69) is 9.72 Å². The van der Waals surface area contributed by atoms with Crippen LogP contribution in [-0.4, -0.2) is 29.6 Å². The van der Waals surface area contributed by atoms with Gasteiger partial charge >= 0.3 is 37.7 Å². The minimum absolute atomic E-state index is 0. The van der Waals surface area contributed by atoms with Gasteiger partial charge in [-0.3, -0.25) is 0 Å². The maximum Gasteiger partial charge on any atom is 1.00 e. The number of thiazole rings is 1. The van der Waals surface area contributed by atoms with Gasteiger partial charge in [-0.25, -0.2) is 4.98 Å². The van der Waals surface area contributed by atoms with Gasteiger partial charge in [-0.05, 0) is 0 Å². The van der Waals surface area contributed by atoms with Crippen LogP contribution in [0.25, 0.3) is 0 Å². The molecule has 1 aromatic rings. The number of hydrogen-bond donors (Lipinski definition) is 0. The van der Waals surface area contributed by atoms with Crippen LogP contribution in [0.4, 0.5) is 0 Å². The molecule has 17 heavy (non-hydrogen) atoms. The Morgan fingerprint density at radius 3 is 2.24 bits per heavy atom. The van der Waals surface area contributed by atoms with E-state index in [-0.39, 0.29) is 37.7 Å². The van der Waals surface area contributed by atoms with E-state index in [1.165, 1.54) is 22.2 Å². The molecule has 1 rings (SSSR count). The average molecular weight is 243 g/mol. The summed E-state index contributed by atoms with van der Waals surface area (Å²) in [5, 5.41) is 23.0. The molecule has 0 radical (unpaired) electrons. The Bertz CT molecular complexity index is 356. The third-order valence-corrected chi connectivity index (χ3v) is 2.56. The number of aliphatic carboxylic acids is 2. The number of hydrogen-bond acceptors (Lipinski definition) is 7. The molecule has 0 amide bonds. The summed E-state index contributed by atoms with van der Waals surface area (Å²) in [5.41, 5.74) is -0.718. The number of methoxy groups -OCH3 is 1. The zero-order chi connectivity index (χ0) is 11.5. The Morgan fingerprint density at radius 2 is 1.94 bits per heavy atom. The number of carboxylic acid groups (broad SMARTS) is 2. The van der Waals surface area contributed by atoms with Crippen molar-refractivity contribution in [3.05, 3.63) is 16.6 Å². The number of aromatic nitrogens is 1. The molecule has 0 aliphatic heterocycles. The predicted molar refractivity (Wildman–Crippen MR) is 45.6 cm³/mol. The van der Waals surface area contributed by atoms with E-state index in [4.69, 9.17) is 0 Å². The van der Waals surface area contributed by atoms with Crippen molar-refractivity contribution in [3.8, 4) is 0 Å². The minimum atomic E-state index is -2.48. The van der Waals surface area contributed by atoms with Gasteiger partial charge in [-0.2, -0.15) is 0 Å². The van der Waals surface area contributed by atoms with Gasteiger partial charge in [0.1, 0.15) is 0 Å². The van der Waals surface area contributed by atoms with Crippen LogP contribution in [0, 0.1) is 0 Å². The molecule has 1 heterocycles. The molecule has 0 atom stereocenters. The molecular weight excluding hydrogens is 236 g/mol. The van der Waals surface area contributed by atoms with Crippen LogP contribution in [0.3, 0.4) is 0 Å². The second kappa shape index (κ2) is 7.94. The summed E-state index contributed by atoms with van der Waals surface area (Å²) in [5.74, 6) is -3.70. The third-order valence-electron chi connectivity index (χ3n) is 1.92. The van der Waals surface area contributed by atoms with Crippen molar-refractivity contribution in [2.24, 2.45) is 0 Å². The molecule has 0 bridgehead atoms. The first-order chi connectivity index (χ1) is 7.03. The smallest absolute Gasteiger partial charge is 0.547 e. The molecule has 82 valence electrons. The normalized spacial score (nSPS) is 9.94. The zero-order valence-electron chi connectivity index (χ0n) is 9.76. The number of carbonyl (C=O) groups is 2. The van der Waals surface area contributed by atoms with E-state index in [0.717, 1.165) is 7.11 Å². The molecular formula is C8H7Li2NO5S. The molecule has 0 unspecified atom stereocenters. The quantitative estimate of drug-likeness (QED) is 0.376. The summed E-state index contributed by atoms with van der Waals surface area (Å²) >= 11 is 1.22. The van der Waals surface area contributed by atoms with Crippen LogP contribution < -0.4 is 47.9 Å². The topological polar surface area (TPSA) is 102 Å². The molecule has 1 aromatic heterocycles. The first kappa shape index (κ1) is 19.1. The van der Waals surface area contributed by atoms with Crippen molar-refractivity contribution < 1.29 is 62.3 Å². The molecule has 9 heteroatoms. The monoisotopic (exact) mass is 243 g/mol. The second-order valence-corrected chi connectivity index (χ2v) is 3.48. The maximum atomic E-state index is 10.7. The van der Waals surface area contributed by atoms with E-state index in [0.29, 0.717) is 5.69 Å². The average Bonchev–Trinajstić information content (AvgIpc) is 2.65. The Morgan fingerprint density at radius 1 is 1.41 bits per heavy atom. The van der Waals surface area contributed by atoms with Crippen molar-refractivity contribution in [1.29, 1.82) is 0 Å². The van der Waals surface area contributed by atoms with Gasteiger partial charge in [-0.1, -0.05) is 0 Å². The van der Waals surface area contributed by atoms with Gasteiger partial charge in [0.15, 0.2) is 5.60 Å². The molecule has 0 saturated carbocycles. The van der Waals surface area contributed by atoms with Crippen LogP contribution >= 0.6 is 11.3 Å². The van der Waals surface area contributed by atoms with Crippen LogP contribution in [0.2, 0.25) is 0 Å². The molecule has 0 spiro atoms. The van der Waals surface area contributed by atoms with E-state index >= 15 is 0 Å². The summed E-state index contributed by atoms with van der Waals surface area (Å²) in [6.07, 6.45) is -0.419. The molecule has 0 fully saturated rings. The van der Waals surface area contributed by atoms with Crippen molar-refractivity contribution in [2.45, 2.75) is 12.0 Å². The summed E-state index contributed by atoms with van der Waals surface area (Å²) in [6.45, 7) is 0. The Hall–Kier alpha value is -0.275. The molecule has 0 N–H and O–H groups in total. The van der Waals surface area contributed by atoms with Gasteiger partial charge in [0, 0.05) is 18.9 Å². The minimum Gasteiger partial charge on any atom is -0.547 e. The van der Waals surface area contributed by atoms with Gasteiger partial charge in [0.2, 0.25) is 0 Å². The SMILES string of the molecule is COC(Cc1cscn1)(C(=O)[O-])C(=O)[O-].[Li+].[Li+]. The van der Waals surface area contributed by atoms with Gasteiger partial charge in [0.25, 0.3) is 0 Å². The van der Waals surface area contributed by atoms with Crippen LogP contribution in [-0.2, 0) is 20.7 Å². The van der Waals surface area contributed by atoms with Crippen molar-refractivity contribution in [1.82, 2.24) is 4.98 Å². The Kier molecular flexibility index (Phi) is 8.91. The second-order valence-electron chi connectivity index (χ2n) is 2.76. The van der Waals surface area contributed by atoms with Gasteiger partial charge < -0.3 is 24.5 Å². The first-order valence-electron chi connectivity index (χ1n) is 3.88. The molecule has 0 aromatic carbocycles. The fourth-order valence-electron chi connectivity index (χ4n) is 1.05. The van der Waals surface area contributed by atoms with Crippen LogP contribution in [0.15, 0.2) is 10.9 Å².